The van der Waals surface area contributed by atoms with Gasteiger partial charge >= 0.3 is 12.4 Å². The van der Waals surface area contributed by atoms with E-state index in [-0.39, 0.29) is 45.4 Å². The number of halogens is 6. The van der Waals surface area contributed by atoms with E-state index in [1.54, 1.807) is 6.07 Å². The zero-order valence-corrected chi connectivity index (χ0v) is 22.6. The van der Waals surface area contributed by atoms with Crippen LogP contribution in [0.25, 0.3) is 20.8 Å². The lowest BCUT2D eigenvalue weighted by atomic mass is 9.91. The first-order chi connectivity index (χ1) is 20.7. The number of fused-ring (bicyclic) bond motifs is 2. The van der Waals surface area contributed by atoms with Gasteiger partial charge in [0.05, 0.1) is 59.2 Å². The van der Waals surface area contributed by atoms with Crippen molar-refractivity contribution in [2.75, 3.05) is 0 Å². The molecule has 2 aliphatic heterocycles. The van der Waals surface area contributed by atoms with Crippen LogP contribution in [0.3, 0.4) is 0 Å². The largest absolute Gasteiger partial charge is 0.416 e. The third-order valence-electron chi connectivity index (χ3n) is 6.86. The van der Waals surface area contributed by atoms with Gasteiger partial charge in [0.2, 0.25) is 0 Å². The number of alkyl halides is 6. The number of aryl methyl sites for hydroxylation is 2. The molecule has 0 spiro atoms. The number of benzene rings is 3. The molecule has 0 radical (unpaired) electrons. The van der Waals surface area contributed by atoms with Gasteiger partial charge in [0.15, 0.2) is 0 Å². The Labute approximate surface area is 246 Å². The van der Waals surface area contributed by atoms with Crippen molar-refractivity contribution in [1.82, 2.24) is 0 Å². The zero-order chi connectivity index (χ0) is 32.1. The molecule has 2 heterocycles. The Morgan fingerprint density at radius 2 is 1.02 bits per heavy atom. The minimum atomic E-state index is -5.14. The number of hydrogen-bond acceptors (Lipinski definition) is 4. The molecule has 0 fully saturated rings. The Morgan fingerprint density at radius 1 is 0.636 bits per heavy atom. The SMILES string of the molecule is [C-]#[N+]/C(C#N)=C1\C(c2cc(C)cc(C)c2)=Nc2cc3c(cc21)N=C(c1cc(C(F)(F)F)cc(C(F)(F)F)c1)/C3=C(\C#N)[N+]#[C-]. The average Bonchev–Trinajstić information content (AvgIpc) is 3.50. The fraction of sp³-hybridized carbons (Fsp3) is 0.125. The summed E-state index contributed by atoms with van der Waals surface area (Å²) in [6.45, 7) is 18.8. The summed E-state index contributed by atoms with van der Waals surface area (Å²) in [5.41, 5.74) is -2.00. The standard InChI is InChI=1S/C32H14F6N6/c1-15-5-16(2)7-17(6-15)29-27(25(13-39)41-3)21-11-24-22(12-23(21)43-29)28(26(14-40)42-4)30(44-24)18-8-19(31(33,34)35)10-20(9-18)32(36,37)38/h5-12H,1-2H3/b27-25-,28-26+. The first-order valence-corrected chi connectivity index (χ1v) is 12.5. The van der Waals surface area contributed by atoms with E-state index in [2.05, 4.69) is 19.7 Å². The lowest BCUT2D eigenvalue weighted by Crippen LogP contribution is -2.14. The highest BCUT2D eigenvalue weighted by molar-refractivity contribution is 6.40. The number of aliphatic imine (C=N–C) groups is 2. The van der Waals surface area contributed by atoms with Crippen molar-refractivity contribution in [3.63, 3.8) is 0 Å². The summed E-state index contributed by atoms with van der Waals surface area (Å²) in [6, 6.07) is 12.8. The second-order valence-corrected chi connectivity index (χ2v) is 9.87. The average molecular weight is 596 g/mol. The highest BCUT2D eigenvalue weighted by atomic mass is 19.4. The van der Waals surface area contributed by atoms with E-state index < -0.39 is 40.5 Å². The Balaban J connectivity index is 1.81. The van der Waals surface area contributed by atoms with E-state index in [1.165, 1.54) is 12.1 Å². The van der Waals surface area contributed by atoms with Crippen LogP contribution < -0.4 is 0 Å². The number of nitrogens with zero attached hydrogens (tertiary/aromatic N) is 6. The first kappa shape index (κ1) is 29.5. The molecule has 12 heteroatoms. The maximum atomic E-state index is 13.7. The van der Waals surface area contributed by atoms with Crippen LogP contribution >= 0.6 is 0 Å². The molecule has 5 rings (SSSR count). The summed E-state index contributed by atoms with van der Waals surface area (Å²) in [7, 11) is 0. The van der Waals surface area contributed by atoms with E-state index in [0.29, 0.717) is 23.4 Å². The topological polar surface area (TPSA) is 81.0 Å². The fourth-order valence-electron chi connectivity index (χ4n) is 5.14. The van der Waals surface area contributed by atoms with E-state index in [1.807, 2.05) is 38.1 Å². The Kier molecular flexibility index (Phi) is 6.96. The van der Waals surface area contributed by atoms with E-state index in [9.17, 15) is 36.9 Å². The summed E-state index contributed by atoms with van der Waals surface area (Å²) in [4.78, 5) is 15.5. The third-order valence-corrected chi connectivity index (χ3v) is 6.86. The van der Waals surface area contributed by atoms with Gasteiger partial charge in [-0.1, -0.05) is 17.2 Å². The van der Waals surface area contributed by atoms with Crippen LogP contribution in [-0.4, -0.2) is 11.4 Å². The number of allylic oxidation sites excluding steroid dienone is 4. The molecule has 0 atom stereocenters. The Bertz CT molecular complexity index is 2010. The molecular weight excluding hydrogens is 582 g/mol. The van der Waals surface area contributed by atoms with Gasteiger partial charge < -0.3 is 0 Å². The molecule has 44 heavy (non-hydrogen) atoms. The van der Waals surface area contributed by atoms with Crippen molar-refractivity contribution in [2.24, 2.45) is 9.98 Å². The maximum absolute atomic E-state index is 13.7. The van der Waals surface area contributed by atoms with Crippen molar-refractivity contribution in [3.8, 4) is 12.1 Å². The Hall–Kier alpha value is -5.98. The van der Waals surface area contributed by atoms with Gasteiger partial charge in [-0.3, -0.25) is 0 Å². The molecule has 0 saturated heterocycles. The van der Waals surface area contributed by atoms with Crippen molar-refractivity contribution in [1.29, 1.82) is 10.5 Å². The van der Waals surface area contributed by atoms with Crippen LogP contribution in [0.15, 0.2) is 69.9 Å². The van der Waals surface area contributed by atoms with E-state index >= 15 is 0 Å². The smallest absolute Gasteiger partial charge is 0.248 e. The summed E-state index contributed by atoms with van der Waals surface area (Å²) in [5.74, 6) is 0. The van der Waals surface area contributed by atoms with Crippen molar-refractivity contribution < 1.29 is 26.3 Å². The van der Waals surface area contributed by atoms with Gasteiger partial charge in [-0.15, -0.1) is 0 Å². The highest BCUT2D eigenvalue weighted by Gasteiger charge is 2.39. The minimum Gasteiger partial charge on any atom is -0.248 e. The molecule has 0 N–H and O–H groups in total. The van der Waals surface area contributed by atoms with Crippen molar-refractivity contribution in [2.45, 2.75) is 26.2 Å². The summed E-state index contributed by atoms with van der Waals surface area (Å²) in [5, 5.41) is 19.5. The summed E-state index contributed by atoms with van der Waals surface area (Å²) < 4.78 is 81.9. The molecule has 0 saturated carbocycles. The molecule has 0 amide bonds. The van der Waals surface area contributed by atoms with Gasteiger partial charge in [0.25, 0.3) is 11.4 Å². The van der Waals surface area contributed by atoms with Crippen molar-refractivity contribution >= 4 is 33.9 Å². The summed E-state index contributed by atoms with van der Waals surface area (Å²) >= 11 is 0. The quantitative estimate of drug-likeness (QED) is 0.168. The normalized spacial score (nSPS) is 16.0. The van der Waals surface area contributed by atoms with Crippen LogP contribution in [0, 0.1) is 49.7 Å². The third kappa shape index (κ3) is 5.00. The van der Waals surface area contributed by atoms with Crippen molar-refractivity contribution in [3.05, 3.63) is 127 Å². The molecule has 0 unspecified atom stereocenters. The lowest BCUT2D eigenvalue weighted by molar-refractivity contribution is -0.143. The van der Waals surface area contributed by atoms with Gasteiger partial charge in [-0.05, 0) is 56.3 Å². The van der Waals surface area contributed by atoms with Crippen LogP contribution in [0.2, 0.25) is 0 Å². The number of rotatable bonds is 2. The van der Waals surface area contributed by atoms with E-state index in [0.717, 1.165) is 11.1 Å². The molecular formula is C32H14F6N6. The maximum Gasteiger partial charge on any atom is 0.416 e. The second kappa shape index (κ2) is 10.4. The molecule has 3 aromatic rings. The minimum absolute atomic E-state index is 0.00719. The molecule has 0 aliphatic carbocycles. The Morgan fingerprint density at radius 3 is 1.36 bits per heavy atom. The highest BCUT2D eigenvalue weighted by Crippen LogP contribution is 2.49. The number of hydrogen-bond donors (Lipinski definition) is 0. The van der Waals surface area contributed by atoms with Gasteiger partial charge in [0, 0.05) is 33.4 Å². The van der Waals surface area contributed by atoms with E-state index in [4.69, 9.17) is 13.1 Å². The van der Waals surface area contributed by atoms with Crippen LogP contribution in [0.5, 0.6) is 0 Å². The van der Waals surface area contributed by atoms with Crippen LogP contribution in [-0.2, 0) is 12.4 Å². The molecule has 3 aromatic carbocycles. The summed E-state index contributed by atoms with van der Waals surface area (Å²) in [6.07, 6.45) is -10.3. The van der Waals surface area contributed by atoms with Gasteiger partial charge in [-0.25, -0.2) is 30.2 Å². The molecule has 2 aliphatic rings. The zero-order valence-electron chi connectivity index (χ0n) is 22.6. The molecule has 6 nitrogen and oxygen atoms in total. The second-order valence-electron chi connectivity index (χ2n) is 9.87. The molecule has 0 bridgehead atoms. The first-order valence-electron chi connectivity index (χ1n) is 12.5. The molecule has 0 aromatic heterocycles. The van der Waals surface area contributed by atoms with Gasteiger partial charge in [0.1, 0.15) is 0 Å². The van der Waals surface area contributed by atoms with Crippen LogP contribution in [0.1, 0.15) is 44.5 Å². The predicted molar refractivity (Wildman–Crippen MR) is 149 cm³/mol. The number of nitriles is 2. The fourth-order valence-corrected chi connectivity index (χ4v) is 5.14. The predicted octanol–water partition coefficient (Wildman–Crippen LogP) is 8.92. The van der Waals surface area contributed by atoms with Crippen LogP contribution in [0.4, 0.5) is 37.7 Å². The monoisotopic (exact) mass is 596 g/mol. The lowest BCUT2D eigenvalue weighted by Gasteiger charge is -2.15. The van der Waals surface area contributed by atoms with Gasteiger partial charge in [-0.2, -0.15) is 26.3 Å². The molecule has 214 valence electrons.